The largest absolute Gasteiger partial charge is 0.459 e. The minimum Gasteiger partial charge on any atom is -0.459 e. The first-order valence-corrected chi connectivity index (χ1v) is 8.56. The van der Waals surface area contributed by atoms with Crippen LogP contribution in [0.25, 0.3) is 0 Å². The lowest BCUT2D eigenvalue weighted by molar-refractivity contribution is -0.125. The van der Waals surface area contributed by atoms with E-state index in [4.69, 9.17) is 9.47 Å². The van der Waals surface area contributed by atoms with Crippen LogP contribution in [0.4, 0.5) is 0 Å². The summed E-state index contributed by atoms with van der Waals surface area (Å²) in [6, 6.07) is 16.1. The maximum Gasteiger partial charge on any atom is 0.338 e. The summed E-state index contributed by atoms with van der Waals surface area (Å²) in [5.74, 6) is -1.42. The maximum atomic E-state index is 11.8. The van der Waals surface area contributed by atoms with Gasteiger partial charge in [0.15, 0.2) is 0 Å². The second kappa shape index (κ2) is 10.5. The molecule has 0 aliphatic heterocycles. The van der Waals surface area contributed by atoms with Gasteiger partial charge >= 0.3 is 11.9 Å². The van der Waals surface area contributed by atoms with Gasteiger partial charge in [0.25, 0.3) is 0 Å². The van der Waals surface area contributed by atoms with Gasteiger partial charge in [0.2, 0.25) is 0 Å². The molecule has 0 spiro atoms. The number of rotatable bonds is 9. The Labute approximate surface area is 161 Å². The Morgan fingerprint density at radius 3 is 1.29 bits per heavy atom. The third-order valence-electron chi connectivity index (χ3n) is 3.93. The van der Waals surface area contributed by atoms with E-state index in [0.29, 0.717) is 0 Å². The standard InChI is InChI=1S/C20H22O8/c21-15(11-27-19(25)13-7-3-1-4-8-13)17(23)18(24)16(22)12-28-20(26)14-9-5-2-6-10-14/h1-10,15-18,21-24H,11-12H2/t15-,16-,17-,18-/m0/s1. The number of carbonyl (C=O) groups excluding carboxylic acids is 2. The number of ether oxygens (including phenoxy) is 2. The van der Waals surface area contributed by atoms with Crippen LogP contribution in [-0.4, -0.2) is 70.0 Å². The molecular formula is C20H22O8. The van der Waals surface area contributed by atoms with Gasteiger partial charge in [0.1, 0.15) is 37.6 Å². The fraction of sp³-hybridized carbons (Fsp3) is 0.300. The van der Waals surface area contributed by atoms with Gasteiger partial charge in [-0.2, -0.15) is 0 Å². The zero-order valence-corrected chi connectivity index (χ0v) is 14.9. The van der Waals surface area contributed by atoms with Crippen LogP contribution in [0.15, 0.2) is 60.7 Å². The highest BCUT2D eigenvalue weighted by Gasteiger charge is 2.32. The van der Waals surface area contributed by atoms with Crippen LogP contribution in [0.5, 0.6) is 0 Å². The molecule has 28 heavy (non-hydrogen) atoms. The first-order chi connectivity index (χ1) is 13.4. The van der Waals surface area contributed by atoms with Crippen molar-refractivity contribution in [1.29, 1.82) is 0 Å². The quantitative estimate of drug-likeness (QED) is 0.445. The summed E-state index contributed by atoms with van der Waals surface area (Å²) in [5, 5.41) is 39.6. The molecule has 150 valence electrons. The van der Waals surface area contributed by atoms with Gasteiger partial charge in [0.05, 0.1) is 11.1 Å². The molecule has 0 aromatic heterocycles. The smallest absolute Gasteiger partial charge is 0.338 e. The Morgan fingerprint density at radius 1 is 0.643 bits per heavy atom. The minimum atomic E-state index is -1.82. The molecule has 2 aromatic carbocycles. The van der Waals surface area contributed by atoms with E-state index in [2.05, 4.69) is 0 Å². The molecule has 0 aliphatic carbocycles. The fourth-order valence-corrected chi connectivity index (χ4v) is 2.29. The van der Waals surface area contributed by atoms with Gasteiger partial charge in [0, 0.05) is 0 Å². The van der Waals surface area contributed by atoms with Gasteiger partial charge in [-0.15, -0.1) is 0 Å². The van der Waals surface area contributed by atoms with Crippen LogP contribution in [0.3, 0.4) is 0 Å². The van der Waals surface area contributed by atoms with E-state index in [1.165, 1.54) is 24.3 Å². The zero-order valence-electron chi connectivity index (χ0n) is 14.9. The van der Waals surface area contributed by atoms with Crippen LogP contribution in [0.2, 0.25) is 0 Å². The zero-order chi connectivity index (χ0) is 20.5. The Morgan fingerprint density at radius 2 is 0.964 bits per heavy atom. The van der Waals surface area contributed by atoms with Gasteiger partial charge in [-0.1, -0.05) is 36.4 Å². The highest BCUT2D eigenvalue weighted by Crippen LogP contribution is 2.09. The van der Waals surface area contributed by atoms with Crippen molar-refractivity contribution in [3.63, 3.8) is 0 Å². The molecule has 0 amide bonds. The average Bonchev–Trinajstić information content (AvgIpc) is 2.75. The molecule has 0 saturated heterocycles. The van der Waals surface area contributed by atoms with Gasteiger partial charge in [-0.05, 0) is 24.3 Å². The van der Waals surface area contributed by atoms with E-state index in [1.54, 1.807) is 36.4 Å². The fourth-order valence-electron chi connectivity index (χ4n) is 2.29. The van der Waals surface area contributed by atoms with Crippen LogP contribution in [-0.2, 0) is 9.47 Å². The summed E-state index contributed by atoms with van der Waals surface area (Å²) in [5.41, 5.74) is 0.523. The van der Waals surface area contributed by atoms with Gasteiger partial charge in [-0.3, -0.25) is 0 Å². The molecule has 4 atom stereocenters. The molecule has 8 nitrogen and oxygen atoms in total. The van der Waals surface area contributed by atoms with E-state index in [1.807, 2.05) is 0 Å². The summed E-state index contributed by atoms with van der Waals surface area (Å²) >= 11 is 0. The molecule has 4 N–H and O–H groups in total. The maximum absolute atomic E-state index is 11.8. The molecule has 0 saturated carbocycles. The Balaban J connectivity index is 1.79. The lowest BCUT2D eigenvalue weighted by Gasteiger charge is -2.26. The van der Waals surface area contributed by atoms with E-state index in [-0.39, 0.29) is 11.1 Å². The van der Waals surface area contributed by atoms with Crippen LogP contribution < -0.4 is 0 Å². The minimum absolute atomic E-state index is 0.262. The Kier molecular flexibility index (Phi) is 8.09. The lowest BCUT2D eigenvalue weighted by Crippen LogP contribution is -2.48. The third kappa shape index (κ3) is 6.14. The number of aliphatic hydroxyl groups excluding tert-OH is 4. The number of esters is 2. The van der Waals surface area contributed by atoms with Crippen molar-refractivity contribution in [3.8, 4) is 0 Å². The van der Waals surface area contributed by atoms with Crippen molar-refractivity contribution >= 4 is 11.9 Å². The molecule has 0 radical (unpaired) electrons. The average molecular weight is 390 g/mol. The monoisotopic (exact) mass is 390 g/mol. The summed E-state index contributed by atoms with van der Waals surface area (Å²) in [4.78, 5) is 23.6. The van der Waals surface area contributed by atoms with E-state index in [9.17, 15) is 30.0 Å². The third-order valence-corrected chi connectivity index (χ3v) is 3.93. The number of carbonyl (C=O) groups is 2. The van der Waals surface area contributed by atoms with Crippen molar-refractivity contribution in [1.82, 2.24) is 0 Å². The number of hydrogen-bond acceptors (Lipinski definition) is 8. The van der Waals surface area contributed by atoms with Crippen LogP contribution >= 0.6 is 0 Å². The highest BCUT2D eigenvalue weighted by atomic mass is 16.5. The molecule has 0 unspecified atom stereocenters. The first kappa shape index (κ1) is 21.5. The molecule has 0 heterocycles. The van der Waals surface area contributed by atoms with Gasteiger partial charge in [-0.25, -0.2) is 9.59 Å². The first-order valence-electron chi connectivity index (χ1n) is 8.56. The van der Waals surface area contributed by atoms with E-state index >= 15 is 0 Å². The number of aliphatic hydroxyl groups is 4. The normalized spacial score (nSPS) is 15.1. The van der Waals surface area contributed by atoms with Crippen molar-refractivity contribution in [2.75, 3.05) is 13.2 Å². The van der Waals surface area contributed by atoms with Crippen LogP contribution in [0.1, 0.15) is 20.7 Å². The second-order valence-corrected chi connectivity index (χ2v) is 6.04. The topological polar surface area (TPSA) is 134 Å². The Bertz CT molecular complexity index is 684. The molecule has 0 aliphatic rings. The van der Waals surface area contributed by atoms with E-state index < -0.39 is 49.6 Å². The lowest BCUT2D eigenvalue weighted by atomic mass is 10.0. The van der Waals surface area contributed by atoms with Gasteiger partial charge < -0.3 is 29.9 Å². The summed E-state index contributed by atoms with van der Waals surface area (Å²) in [6.07, 6.45) is -6.95. The molecule has 0 bridgehead atoms. The Hall–Kier alpha value is -2.78. The molecular weight excluding hydrogens is 368 g/mol. The molecule has 2 rings (SSSR count). The molecule has 0 fully saturated rings. The second-order valence-electron chi connectivity index (χ2n) is 6.04. The van der Waals surface area contributed by atoms with E-state index in [0.717, 1.165) is 0 Å². The summed E-state index contributed by atoms with van der Waals surface area (Å²) in [7, 11) is 0. The number of benzene rings is 2. The molecule has 2 aromatic rings. The predicted molar refractivity (Wildman–Crippen MR) is 97.5 cm³/mol. The predicted octanol–water partition coefficient (Wildman–Crippen LogP) is 0.144. The highest BCUT2D eigenvalue weighted by molar-refractivity contribution is 5.89. The van der Waals surface area contributed by atoms with Crippen molar-refractivity contribution in [2.24, 2.45) is 0 Å². The summed E-state index contributed by atoms with van der Waals surface area (Å²) in [6.45, 7) is -1.19. The van der Waals surface area contributed by atoms with Crippen molar-refractivity contribution < 1.29 is 39.5 Å². The molecule has 8 heteroatoms. The number of hydrogen-bond donors (Lipinski definition) is 4. The van der Waals surface area contributed by atoms with Crippen LogP contribution in [0, 0.1) is 0 Å². The van der Waals surface area contributed by atoms with Crippen molar-refractivity contribution in [2.45, 2.75) is 24.4 Å². The summed E-state index contributed by atoms with van der Waals surface area (Å²) < 4.78 is 9.74. The SMILES string of the molecule is O=C(OC[C@H](O)[C@H](O)[C@@H](O)[C@@H](O)COC(=O)c1ccccc1)c1ccccc1. The van der Waals surface area contributed by atoms with Crippen molar-refractivity contribution in [3.05, 3.63) is 71.8 Å².